The minimum Gasteiger partial charge on any atom is -0.332 e. The largest absolute Gasteiger partial charge is 0.332 e. The van der Waals surface area contributed by atoms with Crippen molar-refractivity contribution >= 4 is 5.91 Å². The van der Waals surface area contributed by atoms with Gasteiger partial charge in [0.05, 0.1) is 24.5 Å². The van der Waals surface area contributed by atoms with Crippen molar-refractivity contribution in [3.63, 3.8) is 0 Å². The first kappa shape index (κ1) is 19.4. The van der Waals surface area contributed by atoms with Gasteiger partial charge in [-0.3, -0.25) is 4.79 Å². The second-order valence-corrected chi connectivity index (χ2v) is 8.18. The lowest BCUT2D eigenvalue weighted by Gasteiger charge is -2.17. The quantitative estimate of drug-likeness (QED) is 0.457. The zero-order valence-electron chi connectivity index (χ0n) is 17.7. The van der Waals surface area contributed by atoms with E-state index in [-0.39, 0.29) is 5.91 Å². The number of benzene rings is 2. The van der Waals surface area contributed by atoms with Gasteiger partial charge in [0.2, 0.25) is 5.91 Å². The van der Waals surface area contributed by atoms with E-state index in [4.69, 9.17) is 5.10 Å². The molecule has 5 rings (SSSR count). The monoisotopic (exact) mass is 410 g/mol. The molecule has 156 valence electrons. The van der Waals surface area contributed by atoms with Crippen LogP contribution >= 0.6 is 0 Å². The summed E-state index contributed by atoms with van der Waals surface area (Å²) < 4.78 is 4.09. The van der Waals surface area contributed by atoms with Crippen LogP contribution in [0.15, 0.2) is 79.1 Å². The third kappa shape index (κ3) is 3.91. The van der Waals surface area contributed by atoms with Gasteiger partial charge < -0.3 is 9.47 Å². The summed E-state index contributed by atoms with van der Waals surface area (Å²) in [5.41, 5.74) is 5.65. The highest BCUT2D eigenvalue weighted by Crippen LogP contribution is 2.31. The van der Waals surface area contributed by atoms with Crippen LogP contribution in [0.25, 0.3) is 11.5 Å². The van der Waals surface area contributed by atoms with Crippen LogP contribution in [0.3, 0.4) is 0 Å². The van der Waals surface area contributed by atoms with Crippen LogP contribution in [0.4, 0.5) is 0 Å². The predicted octanol–water partition coefficient (Wildman–Crippen LogP) is 4.84. The van der Waals surface area contributed by atoms with Gasteiger partial charge in [0, 0.05) is 24.4 Å². The first-order chi connectivity index (χ1) is 15.2. The summed E-state index contributed by atoms with van der Waals surface area (Å²) in [6.45, 7) is 3.27. The Labute approximate surface area is 182 Å². The van der Waals surface area contributed by atoms with Crippen molar-refractivity contribution in [1.82, 2.24) is 19.2 Å². The fourth-order valence-electron chi connectivity index (χ4n) is 4.23. The van der Waals surface area contributed by atoms with Gasteiger partial charge in [-0.2, -0.15) is 5.10 Å². The highest BCUT2D eigenvalue weighted by atomic mass is 16.2. The molecule has 0 radical (unpaired) electrons. The molecule has 0 fully saturated rings. The summed E-state index contributed by atoms with van der Waals surface area (Å²) in [4.78, 5) is 14.8. The van der Waals surface area contributed by atoms with Crippen LogP contribution in [-0.4, -0.2) is 25.2 Å². The molecule has 0 saturated heterocycles. The lowest BCUT2D eigenvalue weighted by molar-refractivity contribution is -0.131. The number of amides is 1. The van der Waals surface area contributed by atoms with Crippen molar-refractivity contribution in [3.8, 4) is 11.5 Å². The lowest BCUT2D eigenvalue weighted by Crippen LogP contribution is -2.26. The molecule has 0 aliphatic carbocycles. The van der Waals surface area contributed by atoms with Gasteiger partial charge in [0.15, 0.2) is 0 Å². The van der Waals surface area contributed by atoms with Gasteiger partial charge in [-0.1, -0.05) is 48.0 Å². The van der Waals surface area contributed by atoms with E-state index in [1.54, 1.807) is 0 Å². The summed E-state index contributed by atoms with van der Waals surface area (Å²) >= 11 is 0. The minimum atomic E-state index is 0.203. The molecule has 0 spiro atoms. The van der Waals surface area contributed by atoms with Crippen LogP contribution < -0.4 is 0 Å². The second kappa shape index (κ2) is 8.26. The molecule has 31 heavy (non-hydrogen) atoms. The molecule has 0 bridgehead atoms. The van der Waals surface area contributed by atoms with E-state index < -0.39 is 0 Å². The number of carbonyl (C=O) groups is 1. The average Bonchev–Trinajstić information content (AvgIpc) is 3.51. The number of nitrogens with zero attached hydrogens (tertiary/aromatic N) is 4. The molecule has 0 atom stereocenters. The molecule has 5 nitrogen and oxygen atoms in total. The normalized spacial score (nSPS) is 12.9. The van der Waals surface area contributed by atoms with E-state index in [2.05, 4.69) is 47.9 Å². The van der Waals surface area contributed by atoms with Gasteiger partial charge in [-0.25, -0.2) is 4.68 Å². The molecule has 1 aliphatic heterocycles. The van der Waals surface area contributed by atoms with E-state index >= 15 is 0 Å². The third-order valence-corrected chi connectivity index (χ3v) is 5.91. The minimum absolute atomic E-state index is 0.203. The first-order valence-corrected chi connectivity index (χ1v) is 10.8. The molecule has 2 aromatic carbocycles. The number of rotatable bonds is 6. The van der Waals surface area contributed by atoms with Gasteiger partial charge in [-0.15, -0.1) is 0 Å². The molecule has 3 heterocycles. The maximum absolute atomic E-state index is 12.9. The van der Waals surface area contributed by atoms with Crippen LogP contribution in [0.1, 0.15) is 35.2 Å². The van der Waals surface area contributed by atoms with Crippen LogP contribution in [0.2, 0.25) is 0 Å². The molecule has 0 saturated carbocycles. The Kier molecular flexibility index (Phi) is 5.16. The highest BCUT2D eigenvalue weighted by molar-refractivity contribution is 5.77. The smallest absolute Gasteiger partial charge is 0.223 e. The van der Waals surface area contributed by atoms with Crippen molar-refractivity contribution in [3.05, 3.63) is 102 Å². The Morgan fingerprint density at radius 2 is 1.68 bits per heavy atom. The van der Waals surface area contributed by atoms with E-state index in [0.29, 0.717) is 19.5 Å². The Balaban J connectivity index is 1.34. The maximum Gasteiger partial charge on any atom is 0.223 e. The molecule has 1 amide bonds. The highest BCUT2D eigenvalue weighted by Gasteiger charge is 2.31. The van der Waals surface area contributed by atoms with Crippen molar-refractivity contribution in [1.29, 1.82) is 0 Å². The Bertz CT molecular complexity index is 1170. The fraction of sp³-hybridized carbons (Fsp3) is 0.231. The number of aryl methyl sites for hydroxylation is 2. The first-order valence-electron chi connectivity index (χ1n) is 10.8. The van der Waals surface area contributed by atoms with Crippen LogP contribution in [-0.2, 0) is 24.3 Å². The molecule has 4 aromatic rings. The average molecular weight is 411 g/mol. The van der Waals surface area contributed by atoms with E-state index in [0.717, 1.165) is 35.6 Å². The number of hydrogen-bond acceptors (Lipinski definition) is 2. The van der Waals surface area contributed by atoms with Crippen LogP contribution in [0, 0.1) is 6.92 Å². The Hall–Kier alpha value is -3.60. The summed E-state index contributed by atoms with van der Waals surface area (Å²) in [5.74, 6) is 1.22. The van der Waals surface area contributed by atoms with Crippen LogP contribution in [0.5, 0.6) is 0 Å². The van der Waals surface area contributed by atoms with E-state index in [1.165, 1.54) is 11.1 Å². The zero-order chi connectivity index (χ0) is 21.2. The van der Waals surface area contributed by atoms with Crippen molar-refractivity contribution < 1.29 is 4.79 Å². The lowest BCUT2D eigenvalue weighted by atomic mass is 10.1. The van der Waals surface area contributed by atoms with Crippen molar-refractivity contribution in [2.75, 3.05) is 0 Å². The molecular weight excluding hydrogens is 384 g/mol. The topological polar surface area (TPSA) is 43.1 Å². The predicted molar refractivity (Wildman–Crippen MR) is 121 cm³/mol. The van der Waals surface area contributed by atoms with Gasteiger partial charge in [0.25, 0.3) is 0 Å². The molecule has 5 heteroatoms. The van der Waals surface area contributed by atoms with Gasteiger partial charge >= 0.3 is 0 Å². The molecule has 0 N–H and O–H groups in total. The summed E-state index contributed by atoms with van der Waals surface area (Å²) in [5, 5.41) is 4.91. The summed E-state index contributed by atoms with van der Waals surface area (Å²) in [6.07, 6.45) is 6.43. The molecule has 1 aliphatic rings. The fourth-order valence-corrected chi connectivity index (χ4v) is 4.23. The van der Waals surface area contributed by atoms with Gasteiger partial charge in [-0.05, 0) is 49.6 Å². The number of aromatic nitrogens is 3. The SMILES string of the molecule is Cc1ccc(-n2nc3c(c2-n2cccc2)CN(C(=O)CCCc2ccccc2)C3)cc1. The van der Waals surface area contributed by atoms with E-state index in [1.807, 2.05) is 52.3 Å². The standard InChI is InChI=1S/C26H26N4O/c1-20-12-14-22(15-13-20)30-26(28-16-5-6-17-28)23-18-29(19-24(23)27-30)25(31)11-7-10-21-8-3-2-4-9-21/h2-6,8-9,12-17H,7,10-11,18-19H2,1H3. The van der Waals surface area contributed by atoms with Crippen molar-refractivity contribution in [2.45, 2.75) is 39.3 Å². The maximum atomic E-state index is 12.9. The zero-order valence-corrected chi connectivity index (χ0v) is 17.7. The molecular formula is C26H26N4O. The Morgan fingerprint density at radius 3 is 2.42 bits per heavy atom. The van der Waals surface area contributed by atoms with Gasteiger partial charge in [0.1, 0.15) is 5.82 Å². The van der Waals surface area contributed by atoms with E-state index in [9.17, 15) is 4.79 Å². The number of fused-ring (bicyclic) bond motifs is 1. The van der Waals surface area contributed by atoms with Crippen molar-refractivity contribution in [2.24, 2.45) is 0 Å². The Morgan fingerprint density at radius 1 is 0.935 bits per heavy atom. The molecule has 2 aromatic heterocycles. The third-order valence-electron chi connectivity index (χ3n) is 5.91. The molecule has 0 unspecified atom stereocenters. The number of carbonyl (C=O) groups excluding carboxylic acids is 1. The summed E-state index contributed by atoms with van der Waals surface area (Å²) in [6, 6.07) is 22.8. The summed E-state index contributed by atoms with van der Waals surface area (Å²) in [7, 11) is 0. The second-order valence-electron chi connectivity index (χ2n) is 8.18. The number of hydrogen-bond donors (Lipinski definition) is 0.